The molecule has 0 amide bonds. The zero-order valence-electron chi connectivity index (χ0n) is 36.8. The van der Waals surface area contributed by atoms with Crippen molar-refractivity contribution in [3.8, 4) is 0 Å². The first kappa shape index (κ1) is 52.4. The second-order valence-electron chi connectivity index (χ2n) is 17.3. The lowest BCUT2D eigenvalue weighted by Crippen LogP contribution is -2.30. The Bertz CT molecular complexity index is 824. The van der Waals surface area contributed by atoms with Gasteiger partial charge in [0.05, 0.1) is 0 Å². The lowest BCUT2D eigenvalue weighted by Gasteiger charge is -2.18. The number of hydrogen-bond donors (Lipinski definition) is 0. The first-order valence-electron chi connectivity index (χ1n) is 23.7. The third kappa shape index (κ3) is 41.6. The molecule has 54 heavy (non-hydrogen) atoms. The molecule has 0 rings (SSSR count). The molecule has 0 aromatic carbocycles. The average molecular weight is 765 g/mol. The molecule has 0 fully saturated rings. The van der Waals surface area contributed by atoms with Crippen LogP contribution in [0.4, 0.5) is 0 Å². The van der Waals surface area contributed by atoms with Crippen LogP contribution >= 0.6 is 0 Å². The maximum absolute atomic E-state index is 12.5. The Morgan fingerprint density at radius 1 is 0.352 bits per heavy atom. The summed E-state index contributed by atoms with van der Waals surface area (Å²) in [6.07, 6.45) is 39.8. The standard InChI is InChI=1S/C48H92O6/c1-6-7-8-26-35-40-48(51)54-45(42-53-47(50)39-34-30-25-21-17-19-23-28-32-37-44(4)5)41-52-46(49)38-33-29-24-20-16-14-12-10-9-11-13-15-18-22-27-31-36-43(2)3/h43-45H,6-42H2,1-5H3/t45-/m0/s1. The van der Waals surface area contributed by atoms with Crippen LogP contribution in [0.5, 0.6) is 0 Å². The molecule has 6 heteroatoms. The third-order valence-electron chi connectivity index (χ3n) is 10.7. The predicted molar refractivity (Wildman–Crippen MR) is 229 cm³/mol. The summed E-state index contributed by atoms with van der Waals surface area (Å²) in [5, 5.41) is 0. The number of carbonyl (C=O) groups excluding carboxylic acids is 3. The highest BCUT2D eigenvalue weighted by Crippen LogP contribution is 2.17. The molecular weight excluding hydrogens is 673 g/mol. The normalized spacial score (nSPS) is 12.1. The van der Waals surface area contributed by atoms with Gasteiger partial charge in [0.25, 0.3) is 0 Å². The Morgan fingerprint density at radius 2 is 0.611 bits per heavy atom. The molecule has 0 N–H and O–H groups in total. The zero-order valence-corrected chi connectivity index (χ0v) is 36.8. The van der Waals surface area contributed by atoms with E-state index in [9.17, 15) is 14.4 Å². The van der Waals surface area contributed by atoms with Crippen molar-refractivity contribution in [1.82, 2.24) is 0 Å². The minimum Gasteiger partial charge on any atom is -0.462 e. The molecule has 0 aromatic rings. The number of unbranched alkanes of at least 4 members (excludes halogenated alkanes) is 27. The number of ether oxygens (including phenoxy) is 3. The van der Waals surface area contributed by atoms with E-state index in [1.807, 2.05) is 0 Å². The maximum atomic E-state index is 12.5. The molecule has 0 saturated carbocycles. The van der Waals surface area contributed by atoms with E-state index < -0.39 is 6.10 Å². The van der Waals surface area contributed by atoms with Crippen LogP contribution in [-0.4, -0.2) is 37.2 Å². The van der Waals surface area contributed by atoms with Gasteiger partial charge in [-0.15, -0.1) is 0 Å². The van der Waals surface area contributed by atoms with E-state index >= 15 is 0 Å². The van der Waals surface area contributed by atoms with Crippen LogP contribution in [0.25, 0.3) is 0 Å². The summed E-state index contributed by atoms with van der Waals surface area (Å²) in [4.78, 5) is 37.5. The van der Waals surface area contributed by atoms with Crippen LogP contribution in [0.3, 0.4) is 0 Å². The largest absolute Gasteiger partial charge is 0.462 e. The van der Waals surface area contributed by atoms with Gasteiger partial charge in [-0.05, 0) is 31.1 Å². The Labute approximate surface area is 336 Å². The SMILES string of the molecule is CCCCCCCC(=O)O[C@@H](COC(=O)CCCCCCCCCCCCCCCCCCC(C)C)COC(=O)CCCCCCCCCCCC(C)C. The Hall–Kier alpha value is -1.59. The van der Waals surface area contributed by atoms with E-state index in [0.29, 0.717) is 19.3 Å². The van der Waals surface area contributed by atoms with Crippen molar-refractivity contribution in [3.63, 3.8) is 0 Å². The van der Waals surface area contributed by atoms with Crippen molar-refractivity contribution < 1.29 is 28.6 Å². The van der Waals surface area contributed by atoms with E-state index in [-0.39, 0.29) is 31.1 Å². The molecule has 0 bridgehead atoms. The van der Waals surface area contributed by atoms with Gasteiger partial charge in [-0.2, -0.15) is 0 Å². The Balaban J connectivity index is 4.07. The summed E-state index contributed by atoms with van der Waals surface area (Å²) < 4.78 is 16.6. The van der Waals surface area contributed by atoms with Crippen molar-refractivity contribution in [1.29, 1.82) is 0 Å². The molecule has 0 aliphatic carbocycles. The summed E-state index contributed by atoms with van der Waals surface area (Å²) in [5.41, 5.74) is 0. The molecule has 0 spiro atoms. The Kier molecular flexibility index (Phi) is 39.8. The van der Waals surface area contributed by atoms with E-state index in [0.717, 1.165) is 76.0 Å². The van der Waals surface area contributed by atoms with Crippen molar-refractivity contribution in [2.75, 3.05) is 13.2 Å². The first-order chi connectivity index (χ1) is 26.2. The minimum atomic E-state index is -0.758. The van der Waals surface area contributed by atoms with Crippen LogP contribution in [0.15, 0.2) is 0 Å². The highest BCUT2D eigenvalue weighted by molar-refractivity contribution is 5.71. The lowest BCUT2D eigenvalue weighted by atomic mass is 10.0. The van der Waals surface area contributed by atoms with E-state index in [2.05, 4.69) is 34.6 Å². The highest BCUT2D eigenvalue weighted by atomic mass is 16.6. The lowest BCUT2D eigenvalue weighted by molar-refractivity contribution is -0.167. The average Bonchev–Trinajstić information content (AvgIpc) is 3.14. The van der Waals surface area contributed by atoms with Gasteiger partial charge in [0, 0.05) is 19.3 Å². The number of rotatable bonds is 42. The van der Waals surface area contributed by atoms with Crippen LogP contribution in [0.2, 0.25) is 0 Å². The molecular formula is C48H92O6. The highest BCUT2D eigenvalue weighted by Gasteiger charge is 2.19. The summed E-state index contributed by atoms with van der Waals surface area (Å²) in [5.74, 6) is 0.792. The van der Waals surface area contributed by atoms with Gasteiger partial charge < -0.3 is 14.2 Å². The topological polar surface area (TPSA) is 78.9 Å². The monoisotopic (exact) mass is 765 g/mol. The second-order valence-corrected chi connectivity index (χ2v) is 17.3. The molecule has 0 heterocycles. The van der Waals surface area contributed by atoms with Crippen molar-refractivity contribution in [3.05, 3.63) is 0 Å². The second kappa shape index (κ2) is 41.1. The maximum Gasteiger partial charge on any atom is 0.306 e. The summed E-state index contributed by atoms with van der Waals surface area (Å²) in [7, 11) is 0. The molecule has 0 aromatic heterocycles. The summed E-state index contributed by atoms with van der Waals surface area (Å²) in [6.45, 7) is 11.3. The van der Waals surface area contributed by atoms with Crippen molar-refractivity contribution in [2.45, 2.75) is 265 Å². The molecule has 320 valence electrons. The summed E-state index contributed by atoms with van der Waals surface area (Å²) >= 11 is 0. The first-order valence-corrected chi connectivity index (χ1v) is 23.7. The molecule has 0 saturated heterocycles. The van der Waals surface area contributed by atoms with E-state index in [4.69, 9.17) is 14.2 Å². The molecule has 6 nitrogen and oxygen atoms in total. The van der Waals surface area contributed by atoms with Gasteiger partial charge in [0.1, 0.15) is 13.2 Å². The summed E-state index contributed by atoms with van der Waals surface area (Å²) in [6, 6.07) is 0. The number of carbonyl (C=O) groups is 3. The fourth-order valence-corrected chi connectivity index (χ4v) is 7.11. The van der Waals surface area contributed by atoms with E-state index in [1.165, 1.54) is 141 Å². The van der Waals surface area contributed by atoms with Gasteiger partial charge >= 0.3 is 17.9 Å². The van der Waals surface area contributed by atoms with Crippen molar-refractivity contribution in [2.24, 2.45) is 11.8 Å². The number of esters is 3. The molecule has 0 radical (unpaired) electrons. The fraction of sp³-hybridized carbons (Fsp3) is 0.938. The van der Waals surface area contributed by atoms with Crippen LogP contribution in [0, 0.1) is 11.8 Å². The van der Waals surface area contributed by atoms with Gasteiger partial charge in [-0.1, -0.05) is 221 Å². The van der Waals surface area contributed by atoms with Gasteiger partial charge in [0.2, 0.25) is 0 Å². The third-order valence-corrected chi connectivity index (χ3v) is 10.7. The molecule has 0 unspecified atom stereocenters. The van der Waals surface area contributed by atoms with E-state index in [1.54, 1.807) is 0 Å². The van der Waals surface area contributed by atoms with Crippen LogP contribution in [-0.2, 0) is 28.6 Å². The van der Waals surface area contributed by atoms with Crippen molar-refractivity contribution >= 4 is 17.9 Å². The minimum absolute atomic E-state index is 0.0659. The predicted octanol–water partition coefficient (Wildman–Crippen LogP) is 15.0. The van der Waals surface area contributed by atoms with Gasteiger partial charge in [-0.3, -0.25) is 14.4 Å². The fourth-order valence-electron chi connectivity index (χ4n) is 7.11. The Morgan fingerprint density at radius 3 is 0.907 bits per heavy atom. The van der Waals surface area contributed by atoms with Gasteiger partial charge in [0.15, 0.2) is 6.10 Å². The van der Waals surface area contributed by atoms with Crippen LogP contribution in [0.1, 0.15) is 259 Å². The molecule has 0 aliphatic heterocycles. The van der Waals surface area contributed by atoms with Gasteiger partial charge in [-0.25, -0.2) is 0 Å². The molecule has 1 atom stereocenters. The number of hydrogen-bond acceptors (Lipinski definition) is 6. The zero-order chi connectivity index (χ0) is 39.7. The van der Waals surface area contributed by atoms with Crippen LogP contribution < -0.4 is 0 Å². The molecule has 0 aliphatic rings. The quantitative estimate of drug-likeness (QED) is 0.0350. The smallest absolute Gasteiger partial charge is 0.306 e.